The third-order valence-corrected chi connectivity index (χ3v) is 4.67. The molecule has 3 rings (SSSR count). The zero-order valence-corrected chi connectivity index (χ0v) is 16.5. The van der Waals surface area contributed by atoms with Crippen molar-refractivity contribution in [3.8, 4) is 5.75 Å². The zero-order chi connectivity index (χ0) is 21.0. The maximum absolute atomic E-state index is 11.3. The molecule has 1 fully saturated rings. The molecule has 0 bridgehead atoms. The summed E-state index contributed by atoms with van der Waals surface area (Å²) in [5, 5.41) is 24.9. The lowest BCUT2D eigenvalue weighted by Gasteiger charge is -2.19. The second-order valence-electron chi connectivity index (χ2n) is 7.09. The average molecular weight is 399 g/mol. The maximum Gasteiger partial charge on any atom is 0.339 e. The molecule has 154 valence electrons. The third-order valence-electron chi connectivity index (χ3n) is 4.67. The van der Waals surface area contributed by atoms with Crippen molar-refractivity contribution < 1.29 is 19.8 Å². The van der Waals surface area contributed by atoms with Crippen molar-refractivity contribution in [2.24, 2.45) is 0 Å². The number of carboxylic acids is 1. The van der Waals surface area contributed by atoms with Gasteiger partial charge in [-0.3, -0.25) is 4.79 Å². The van der Waals surface area contributed by atoms with Gasteiger partial charge in [0, 0.05) is 43.5 Å². The van der Waals surface area contributed by atoms with Crippen molar-refractivity contribution in [2.45, 2.75) is 39.2 Å². The average Bonchev–Trinajstić information content (AvgIpc) is 3.11. The molecule has 1 aromatic heterocycles. The number of aromatic hydroxyl groups is 1. The number of phenols is 1. The van der Waals surface area contributed by atoms with E-state index in [1.54, 1.807) is 6.07 Å². The van der Waals surface area contributed by atoms with Gasteiger partial charge in [0.15, 0.2) is 0 Å². The molecule has 9 heteroatoms. The molecule has 2 aromatic rings. The van der Waals surface area contributed by atoms with Gasteiger partial charge in [-0.1, -0.05) is 13.3 Å². The van der Waals surface area contributed by atoms with Crippen LogP contribution in [0.15, 0.2) is 24.3 Å². The Kier molecular flexibility index (Phi) is 6.16. The highest BCUT2D eigenvalue weighted by Crippen LogP contribution is 2.25. The number of carbonyl (C=O) groups is 2. The SMILES string of the molecule is CCCc1cc(N2CC[C@H](NC(C)=O)C2)nc(Nc2ccc(O)c(C(=O)O)c2)n1. The summed E-state index contributed by atoms with van der Waals surface area (Å²) in [6.07, 6.45) is 2.55. The molecule has 0 spiro atoms. The van der Waals surface area contributed by atoms with Crippen LogP contribution >= 0.6 is 0 Å². The highest BCUT2D eigenvalue weighted by Gasteiger charge is 2.25. The highest BCUT2D eigenvalue weighted by molar-refractivity contribution is 5.92. The second kappa shape index (κ2) is 8.76. The minimum Gasteiger partial charge on any atom is -0.507 e. The van der Waals surface area contributed by atoms with Gasteiger partial charge >= 0.3 is 5.97 Å². The van der Waals surface area contributed by atoms with Crippen LogP contribution in [0.5, 0.6) is 5.75 Å². The monoisotopic (exact) mass is 399 g/mol. The number of hydrogen-bond acceptors (Lipinski definition) is 7. The molecule has 2 heterocycles. The molecule has 9 nitrogen and oxygen atoms in total. The molecule has 1 aliphatic heterocycles. The Morgan fingerprint density at radius 3 is 2.76 bits per heavy atom. The van der Waals surface area contributed by atoms with Gasteiger partial charge < -0.3 is 25.7 Å². The molecular formula is C20H25N5O4. The number of aromatic carboxylic acids is 1. The Hall–Kier alpha value is -3.36. The summed E-state index contributed by atoms with van der Waals surface area (Å²) < 4.78 is 0. The lowest BCUT2D eigenvalue weighted by Crippen LogP contribution is -2.35. The van der Waals surface area contributed by atoms with Crippen LogP contribution in [0.2, 0.25) is 0 Å². The Balaban J connectivity index is 1.85. The molecule has 0 unspecified atom stereocenters. The van der Waals surface area contributed by atoms with E-state index in [2.05, 4.69) is 32.4 Å². The van der Waals surface area contributed by atoms with E-state index < -0.39 is 5.97 Å². The van der Waals surface area contributed by atoms with E-state index in [1.165, 1.54) is 19.1 Å². The van der Waals surface area contributed by atoms with Crippen LogP contribution in [-0.4, -0.2) is 51.2 Å². The highest BCUT2D eigenvalue weighted by atomic mass is 16.4. The number of nitrogens with one attached hydrogen (secondary N) is 2. The van der Waals surface area contributed by atoms with Gasteiger partial charge in [0.1, 0.15) is 17.1 Å². The Morgan fingerprint density at radius 2 is 2.07 bits per heavy atom. The van der Waals surface area contributed by atoms with Crippen molar-refractivity contribution in [1.82, 2.24) is 15.3 Å². The molecule has 1 amide bonds. The molecule has 1 atom stereocenters. The van der Waals surface area contributed by atoms with Crippen LogP contribution in [0, 0.1) is 0 Å². The number of amides is 1. The van der Waals surface area contributed by atoms with Crippen LogP contribution in [0.25, 0.3) is 0 Å². The van der Waals surface area contributed by atoms with E-state index in [0.29, 0.717) is 18.2 Å². The topological polar surface area (TPSA) is 128 Å². The maximum atomic E-state index is 11.3. The minimum absolute atomic E-state index is 0.0462. The van der Waals surface area contributed by atoms with Crippen molar-refractivity contribution in [2.75, 3.05) is 23.3 Å². The summed E-state index contributed by atoms with van der Waals surface area (Å²) in [5.74, 6) is -0.443. The summed E-state index contributed by atoms with van der Waals surface area (Å²) in [6.45, 7) is 5.02. The van der Waals surface area contributed by atoms with E-state index in [0.717, 1.165) is 37.3 Å². The van der Waals surface area contributed by atoms with Crippen molar-refractivity contribution in [3.63, 3.8) is 0 Å². The first-order valence-corrected chi connectivity index (χ1v) is 9.59. The Bertz CT molecular complexity index is 918. The number of hydrogen-bond donors (Lipinski definition) is 4. The van der Waals surface area contributed by atoms with Crippen LogP contribution < -0.4 is 15.5 Å². The predicted molar refractivity (Wildman–Crippen MR) is 109 cm³/mol. The summed E-state index contributed by atoms with van der Waals surface area (Å²) in [7, 11) is 0. The lowest BCUT2D eigenvalue weighted by molar-refractivity contribution is -0.119. The summed E-state index contributed by atoms with van der Waals surface area (Å²) in [6, 6.07) is 6.27. The number of rotatable bonds is 7. The number of aryl methyl sites for hydroxylation is 1. The fourth-order valence-corrected chi connectivity index (χ4v) is 3.37. The number of benzene rings is 1. The van der Waals surface area contributed by atoms with E-state index in [1.807, 2.05) is 6.07 Å². The second-order valence-corrected chi connectivity index (χ2v) is 7.09. The molecule has 29 heavy (non-hydrogen) atoms. The first-order valence-electron chi connectivity index (χ1n) is 9.59. The van der Waals surface area contributed by atoms with Gasteiger partial charge in [0.25, 0.3) is 0 Å². The third kappa shape index (κ3) is 5.13. The quantitative estimate of drug-likeness (QED) is 0.522. The number of carboxylic acid groups (broad SMARTS) is 1. The smallest absolute Gasteiger partial charge is 0.339 e. The van der Waals surface area contributed by atoms with Gasteiger partial charge in [-0.15, -0.1) is 0 Å². The fourth-order valence-electron chi connectivity index (χ4n) is 3.37. The van der Waals surface area contributed by atoms with Gasteiger partial charge in [0.2, 0.25) is 11.9 Å². The standard InChI is InChI=1S/C20H25N5O4/c1-3-4-13-10-18(25-8-7-15(11-25)21-12(2)26)24-20(22-13)23-14-5-6-17(27)16(9-14)19(28)29/h5-6,9-10,15,27H,3-4,7-8,11H2,1-2H3,(H,21,26)(H,28,29)(H,22,23,24)/t15-/m0/s1. The van der Waals surface area contributed by atoms with Crippen LogP contribution in [0.1, 0.15) is 42.7 Å². The molecule has 1 aliphatic rings. The first kappa shape index (κ1) is 20.4. The van der Waals surface area contributed by atoms with Crippen molar-refractivity contribution in [1.29, 1.82) is 0 Å². The Labute approximate surface area is 168 Å². The van der Waals surface area contributed by atoms with Crippen LogP contribution in [-0.2, 0) is 11.2 Å². The molecular weight excluding hydrogens is 374 g/mol. The molecule has 0 radical (unpaired) electrons. The fraction of sp³-hybridized carbons (Fsp3) is 0.400. The van der Waals surface area contributed by atoms with Crippen molar-refractivity contribution >= 4 is 29.3 Å². The Morgan fingerprint density at radius 1 is 1.28 bits per heavy atom. The van der Waals surface area contributed by atoms with Gasteiger partial charge in [0.05, 0.1) is 0 Å². The van der Waals surface area contributed by atoms with Crippen molar-refractivity contribution in [3.05, 3.63) is 35.5 Å². The normalized spacial score (nSPS) is 15.9. The van der Waals surface area contributed by atoms with E-state index in [4.69, 9.17) is 0 Å². The van der Waals surface area contributed by atoms with Gasteiger partial charge in [-0.05, 0) is 31.0 Å². The molecule has 0 saturated carbocycles. The van der Waals surface area contributed by atoms with E-state index >= 15 is 0 Å². The van der Waals surface area contributed by atoms with E-state index in [-0.39, 0.29) is 23.3 Å². The zero-order valence-electron chi connectivity index (χ0n) is 16.5. The summed E-state index contributed by atoms with van der Waals surface area (Å²) in [5.41, 5.74) is 1.15. The number of nitrogens with zero attached hydrogens (tertiary/aromatic N) is 3. The van der Waals surface area contributed by atoms with Gasteiger partial charge in [-0.25, -0.2) is 9.78 Å². The molecule has 4 N–H and O–H groups in total. The summed E-state index contributed by atoms with van der Waals surface area (Å²) >= 11 is 0. The minimum atomic E-state index is -1.21. The molecule has 0 aliphatic carbocycles. The van der Waals surface area contributed by atoms with Gasteiger partial charge in [-0.2, -0.15) is 4.98 Å². The van der Waals surface area contributed by atoms with E-state index in [9.17, 15) is 19.8 Å². The summed E-state index contributed by atoms with van der Waals surface area (Å²) in [4.78, 5) is 33.8. The number of aromatic nitrogens is 2. The molecule has 1 aromatic carbocycles. The molecule has 1 saturated heterocycles. The largest absolute Gasteiger partial charge is 0.507 e. The lowest BCUT2D eigenvalue weighted by atomic mass is 10.2. The van der Waals surface area contributed by atoms with Crippen LogP contribution in [0.3, 0.4) is 0 Å². The first-order chi connectivity index (χ1) is 13.9. The van der Waals surface area contributed by atoms with Crippen LogP contribution in [0.4, 0.5) is 17.5 Å². The predicted octanol–water partition coefficient (Wildman–Crippen LogP) is 2.29. The number of anilines is 3. The number of carbonyl (C=O) groups excluding carboxylic acids is 1.